The molecule has 0 atom stereocenters. The Kier molecular flexibility index (Phi) is 2.60. The summed E-state index contributed by atoms with van der Waals surface area (Å²) < 4.78 is 28.2. The van der Waals surface area contributed by atoms with Crippen LogP contribution in [0.4, 0.5) is 8.78 Å². The van der Waals surface area contributed by atoms with E-state index in [0.717, 1.165) is 5.69 Å². The molecule has 0 amide bonds. The number of aryl methyl sites for hydroxylation is 1. The van der Waals surface area contributed by atoms with Crippen molar-refractivity contribution in [3.8, 4) is 5.75 Å². The lowest BCUT2D eigenvalue weighted by Crippen LogP contribution is -2.05. The molecule has 0 radical (unpaired) electrons. The van der Waals surface area contributed by atoms with Crippen molar-refractivity contribution in [1.82, 2.24) is 4.98 Å². The van der Waals surface area contributed by atoms with Gasteiger partial charge in [-0.2, -0.15) is 8.78 Å². The van der Waals surface area contributed by atoms with E-state index in [9.17, 15) is 13.6 Å². The fourth-order valence-electron chi connectivity index (χ4n) is 1.54. The Bertz CT molecular complexity index is 578. The van der Waals surface area contributed by atoms with E-state index in [1.54, 1.807) is 13.0 Å². The highest BCUT2D eigenvalue weighted by Crippen LogP contribution is 2.18. The van der Waals surface area contributed by atoms with Crippen molar-refractivity contribution in [2.45, 2.75) is 13.5 Å². The highest BCUT2D eigenvalue weighted by atomic mass is 19.3. The molecule has 0 saturated heterocycles. The van der Waals surface area contributed by atoms with E-state index in [2.05, 4.69) is 9.72 Å². The lowest BCUT2D eigenvalue weighted by Gasteiger charge is -2.05. The molecule has 0 aliphatic rings. The van der Waals surface area contributed by atoms with E-state index in [1.807, 2.05) is 0 Å². The van der Waals surface area contributed by atoms with Gasteiger partial charge < -0.3 is 9.72 Å². The fourth-order valence-corrected chi connectivity index (χ4v) is 1.54. The minimum absolute atomic E-state index is 0.0168. The minimum Gasteiger partial charge on any atom is -0.435 e. The SMILES string of the molecule is Cc1cc(=O)c2cc(OC(F)F)ccc2[nH]1. The van der Waals surface area contributed by atoms with Gasteiger partial charge in [-0.3, -0.25) is 4.79 Å². The molecule has 84 valence electrons. The summed E-state index contributed by atoms with van der Waals surface area (Å²) in [5.41, 5.74) is 1.11. The molecule has 0 saturated carbocycles. The summed E-state index contributed by atoms with van der Waals surface area (Å²) in [6, 6.07) is 5.65. The Labute approximate surface area is 89.7 Å². The quantitative estimate of drug-likeness (QED) is 0.852. The summed E-state index contributed by atoms with van der Waals surface area (Å²) in [6.07, 6.45) is 0. The first-order valence-electron chi connectivity index (χ1n) is 4.65. The fraction of sp³-hybridized carbons (Fsp3) is 0.182. The first-order valence-corrected chi connectivity index (χ1v) is 4.65. The van der Waals surface area contributed by atoms with Gasteiger partial charge in [-0.25, -0.2) is 0 Å². The summed E-state index contributed by atoms with van der Waals surface area (Å²) in [6.45, 7) is -1.13. The second-order valence-electron chi connectivity index (χ2n) is 3.40. The third-order valence-electron chi connectivity index (χ3n) is 2.16. The van der Waals surface area contributed by atoms with E-state index in [0.29, 0.717) is 10.9 Å². The minimum atomic E-state index is -2.89. The van der Waals surface area contributed by atoms with Crippen LogP contribution >= 0.6 is 0 Å². The van der Waals surface area contributed by atoms with Gasteiger partial charge in [-0.15, -0.1) is 0 Å². The van der Waals surface area contributed by atoms with Crippen LogP contribution in [0.5, 0.6) is 5.75 Å². The van der Waals surface area contributed by atoms with Crippen molar-refractivity contribution in [2.24, 2.45) is 0 Å². The maximum atomic E-state index is 12.0. The number of hydrogen-bond acceptors (Lipinski definition) is 2. The number of aromatic nitrogens is 1. The number of pyridine rings is 1. The van der Waals surface area contributed by atoms with Gasteiger partial charge in [0.05, 0.1) is 0 Å². The van der Waals surface area contributed by atoms with Crippen LogP contribution in [0, 0.1) is 6.92 Å². The molecule has 16 heavy (non-hydrogen) atoms. The van der Waals surface area contributed by atoms with Gasteiger partial charge in [0.2, 0.25) is 0 Å². The van der Waals surface area contributed by atoms with E-state index in [4.69, 9.17) is 0 Å². The Hall–Kier alpha value is -1.91. The summed E-state index contributed by atoms with van der Waals surface area (Å²) in [5, 5.41) is 0.337. The topological polar surface area (TPSA) is 42.1 Å². The van der Waals surface area contributed by atoms with E-state index >= 15 is 0 Å². The van der Waals surface area contributed by atoms with Gasteiger partial charge in [0.15, 0.2) is 5.43 Å². The van der Waals surface area contributed by atoms with Crippen LogP contribution in [0.25, 0.3) is 10.9 Å². The summed E-state index contributed by atoms with van der Waals surface area (Å²) in [7, 11) is 0. The molecule has 0 bridgehead atoms. The van der Waals surface area contributed by atoms with Crippen LogP contribution in [0.3, 0.4) is 0 Å². The number of H-pyrrole nitrogens is 1. The Morgan fingerprint density at radius 1 is 1.31 bits per heavy atom. The number of aromatic amines is 1. The smallest absolute Gasteiger partial charge is 0.387 e. The predicted octanol–water partition coefficient (Wildman–Crippen LogP) is 2.44. The number of halogens is 2. The van der Waals surface area contributed by atoms with Crippen LogP contribution in [0.15, 0.2) is 29.1 Å². The van der Waals surface area contributed by atoms with Crippen LogP contribution in [-0.4, -0.2) is 11.6 Å². The second-order valence-corrected chi connectivity index (χ2v) is 3.40. The zero-order valence-corrected chi connectivity index (χ0v) is 8.46. The van der Waals surface area contributed by atoms with Gasteiger partial charge >= 0.3 is 6.61 Å². The van der Waals surface area contributed by atoms with Crippen LogP contribution in [0.2, 0.25) is 0 Å². The predicted molar refractivity (Wildman–Crippen MR) is 55.9 cm³/mol. The summed E-state index contributed by atoms with van der Waals surface area (Å²) in [5.74, 6) is -0.0168. The molecule has 1 aromatic heterocycles. The third-order valence-corrected chi connectivity index (χ3v) is 2.16. The van der Waals surface area contributed by atoms with Crippen molar-refractivity contribution in [2.75, 3.05) is 0 Å². The highest BCUT2D eigenvalue weighted by molar-refractivity contribution is 5.80. The number of ether oxygens (including phenoxy) is 1. The number of nitrogens with one attached hydrogen (secondary N) is 1. The monoisotopic (exact) mass is 225 g/mol. The first-order chi connectivity index (χ1) is 7.56. The molecular weight excluding hydrogens is 216 g/mol. The Balaban J connectivity index is 2.58. The molecule has 0 spiro atoms. The highest BCUT2D eigenvalue weighted by Gasteiger charge is 2.06. The summed E-state index contributed by atoms with van der Waals surface area (Å²) in [4.78, 5) is 14.5. The average Bonchev–Trinajstić information content (AvgIpc) is 2.18. The van der Waals surface area contributed by atoms with E-state index in [1.165, 1.54) is 18.2 Å². The molecule has 0 unspecified atom stereocenters. The number of alkyl halides is 2. The zero-order valence-electron chi connectivity index (χ0n) is 8.46. The number of rotatable bonds is 2. The zero-order chi connectivity index (χ0) is 11.7. The molecule has 1 aromatic carbocycles. The third kappa shape index (κ3) is 2.03. The van der Waals surface area contributed by atoms with Gasteiger partial charge in [0.25, 0.3) is 0 Å². The normalized spacial score (nSPS) is 11.0. The van der Waals surface area contributed by atoms with E-state index < -0.39 is 6.61 Å². The second kappa shape index (κ2) is 3.92. The lowest BCUT2D eigenvalue weighted by molar-refractivity contribution is -0.0497. The molecule has 0 aliphatic heterocycles. The number of hydrogen-bond donors (Lipinski definition) is 1. The largest absolute Gasteiger partial charge is 0.435 e. The Morgan fingerprint density at radius 3 is 2.75 bits per heavy atom. The van der Waals surface area contributed by atoms with Crippen molar-refractivity contribution < 1.29 is 13.5 Å². The molecule has 0 fully saturated rings. The number of fused-ring (bicyclic) bond motifs is 1. The van der Waals surface area contributed by atoms with Gasteiger partial charge in [-0.05, 0) is 25.1 Å². The molecule has 2 rings (SSSR count). The molecule has 5 heteroatoms. The Morgan fingerprint density at radius 2 is 2.06 bits per heavy atom. The molecular formula is C11H9F2NO2. The van der Waals surface area contributed by atoms with Crippen LogP contribution < -0.4 is 10.2 Å². The van der Waals surface area contributed by atoms with Crippen LogP contribution in [0.1, 0.15) is 5.69 Å². The van der Waals surface area contributed by atoms with Gasteiger partial charge in [-0.1, -0.05) is 0 Å². The van der Waals surface area contributed by atoms with Gasteiger partial charge in [0, 0.05) is 22.7 Å². The molecule has 3 nitrogen and oxygen atoms in total. The maximum Gasteiger partial charge on any atom is 0.387 e. The van der Waals surface area contributed by atoms with Crippen molar-refractivity contribution in [3.63, 3.8) is 0 Å². The van der Waals surface area contributed by atoms with Crippen molar-refractivity contribution in [1.29, 1.82) is 0 Å². The lowest BCUT2D eigenvalue weighted by atomic mass is 10.2. The van der Waals surface area contributed by atoms with Crippen molar-refractivity contribution >= 4 is 10.9 Å². The molecule has 2 aromatic rings. The standard InChI is InChI=1S/C11H9F2NO2/c1-6-4-10(15)8-5-7(16-11(12)13)2-3-9(8)14-6/h2-5,11H,1H3,(H,14,15). The maximum absolute atomic E-state index is 12.0. The van der Waals surface area contributed by atoms with Gasteiger partial charge in [0.1, 0.15) is 5.75 Å². The number of benzene rings is 1. The molecule has 0 aliphatic carbocycles. The molecule has 1 N–H and O–H groups in total. The first kappa shape index (κ1) is 10.6. The van der Waals surface area contributed by atoms with E-state index in [-0.39, 0.29) is 11.2 Å². The van der Waals surface area contributed by atoms with Crippen LogP contribution in [-0.2, 0) is 0 Å². The summed E-state index contributed by atoms with van der Waals surface area (Å²) >= 11 is 0. The average molecular weight is 225 g/mol. The van der Waals surface area contributed by atoms with Crippen molar-refractivity contribution in [3.05, 3.63) is 40.2 Å². The molecule has 1 heterocycles.